The molecule has 9 nitrogen and oxygen atoms in total. The van der Waals surface area contributed by atoms with Gasteiger partial charge in [0.1, 0.15) is 11.8 Å². The van der Waals surface area contributed by atoms with Crippen molar-refractivity contribution in [2.24, 2.45) is 5.73 Å². The van der Waals surface area contributed by atoms with Crippen LogP contribution < -0.4 is 20.9 Å². The van der Waals surface area contributed by atoms with Gasteiger partial charge in [-0.3, -0.25) is 14.5 Å². The molecular weight excluding hydrogens is 517 g/mol. The van der Waals surface area contributed by atoms with E-state index in [9.17, 15) is 9.59 Å². The summed E-state index contributed by atoms with van der Waals surface area (Å²) in [5, 5.41) is 5.94. The van der Waals surface area contributed by atoms with Gasteiger partial charge in [0, 0.05) is 55.8 Å². The summed E-state index contributed by atoms with van der Waals surface area (Å²) in [7, 11) is 0. The van der Waals surface area contributed by atoms with E-state index in [1.54, 1.807) is 48.7 Å². The average molecular weight is 542 g/mol. The molecule has 2 N–H and O–H groups in total. The predicted molar refractivity (Wildman–Crippen MR) is 143 cm³/mol. The summed E-state index contributed by atoms with van der Waals surface area (Å²) < 4.78 is 12.7. The Bertz CT molecular complexity index is 1490. The monoisotopic (exact) mass is 541 g/mol. The molecule has 0 aliphatic carbocycles. The second-order valence-corrected chi connectivity index (χ2v) is 9.56. The molecule has 2 aromatic heterocycles. The number of aromatic nitrogens is 2. The summed E-state index contributed by atoms with van der Waals surface area (Å²) >= 11 is 12.0. The molecule has 4 aromatic rings. The lowest BCUT2D eigenvalue weighted by Gasteiger charge is -2.35. The fraction of sp³-hybridized carbons (Fsp3) is 0.269. The molecular formula is C26H25Cl2N5O4. The van der Waals surface area contributed by atoms with Crippen molar-refractivity contribution < 1.29 is 13.9 Å². The third kappa shape index (κ3) is 5.58. The van der Waals surface area contributed by atoms with Gasteiger partial charge in [-0.1, -0.05) is 23.2 Å². The van der Waals surface area contributed by atoms with Crippen LogP contribution in [0.3, 0.4) is 0 Å². The number of nitrogens with two attached hydrogens (primary N) is 1. The van der Waals surface area contributed by atoms with Crippen molar-refractivity contribution in [1.29, 1.82) is 0 Å². The van der Waals surface area contributed by atoms with Gasteiger partial charge in [0.25, 0.3) is 5.56 Å². The van der Waals surface area contributed by atoms with Crippen LogP contribution in [0.4, 0.5) is 5.69 Å². The van der Waals surface area contributed by atoms with Crippen LogP contribution in [0.15, 0.2) is 64.0 Å². The predicted octanol–water partition coefficient (Wildman–Crippen LogP) is 3.98. The summed E-state index contributed by atoms with van der Waals surface area (Å²) in [6.45, 7) is 4.80. The highest BCUT2D eigenvalue weighted by Gasteiger charge is 2.20. The number of benzene rings is 2. The maximum absolute atomic E-state index is 12.3. The van der Waals surface area contributed by atoms with Gasteiger partial charge in [-0.25, -0.2) is 0 Å². The number of nitrogens with zero attached hydrogens (tertiary/aromatic N) is 4. The topological polar surface area (TPSA) is 107 Å². The molecule has 1 aliphatic heterocycles. The highest BCUT2D eigenvalue weighted by molar-refractivity contribution is 6.42. The van der Waals surface area contributed by atoms with Gasteiger partial charge in [0.15, 0.2) is 0 Å². The Morgan fingerprint density at radius 1 is 1.03 bits per heavy atom. The third-order valence-corrected chi connectivity index (χ3v) is 7.08. The molecule has 0 atom stereocenters. The molecule has 1 fully saturated rings. The van der Waals surface area contributed by atoms with Crippen LogP contribution in [0, 0.1) is 0 Å². The van der Waals surface area contributed by atoms with Crippen molar-refractivity contribution >= 4 is 45.8 Å². The number of carbonyl (C=O) groups is 1. The molecule has 192 valence electrons. The number of anilines is 1. The molecule has 0 radical (unpaired) electrons. The third-order valence-electron chi connectivity index (χ3n) is 6.34. The van der Waals surface area contributed by atoms with Crippen molar-refractivity contribution in [3.63, 3.8) is 0 Å². The van der Waals surface area contributed by atoms with Gasteiger partial charge in [0.05, 0.1) is 28.0 Å². The molecule has 1 saturated heterocycles. The minimum atomic E-state index is -0.454. The molecule has 2 aromatic carbocycles. The lowest BCUT2D eigenvalue weighted by Crippen LogP contribution is -2.46. The number of piperazine rings is 1. The van der Waals surface area contributed by atoms with Gasteiger partial charge in [-0.15, -0.1) is 5.10 Å². The smallest absolute Gasteiger partial charge is 0.271 e. The molecule has 0 spiro atoms. The minimum absolute atomic E-state index is 0.292. The zero-order valence-corrected chi connectivity index (χ0v) is 21.4. The SMILES string of the molecule is NC(=O)c1ccc2occ(N3CCN(CCCOc4ccc(=O)n(-c5ccc(Cl)c(Cl)c5)n4)CC3)c2c1. The molecule has 1 aliphatic rings. The number of primary amides is 1. The second-order valence-electron chi connectivity index (χ2n) is 8.75. The Kier molecular flexibility index (Phi) is 7.36. The van der Waals surface area contributed by atoms with Crippen LogP contribution in [0.5, 0.6) is 5.88 Å². The molecule has 5 rings (SSSR count). The molecule has 3 heterocycles. The summed E-state index contributed by atoms with van der Waals surface area (Å²) in [6, 6.07) is 13.1. The fourth-order valence-electron chi connectivity index (χ4n) is 4.36. The number of furan rings is 1. The summed E-state index contributed by atoms with van der Waals surface area (Å²) in [5.74, 6) is -0.0953. The van der Waals surface area contributed by atoms with E-state index in [0.29, 0.717) is 33.8 Å². The van der Waals surface area contributed by atoms with Crippen LogP contribution in [0.1, 0.15) is 16.8 Å². The highest BCUT2D eigenvalue weighted by Crippen LogP contribution is 2.30. The number of carbonyl (C=O) groups excluding carboxylic acids is 1. The van der Waals surface area contributed by atoms with Crippen LogP contribution in [0.2, 0.25) is 10.0 Å². The van der Waals surface area contributed by atoms with Crippen LogP contribution in [-0.2, 0) is 0 Å². The van der Waals surface area contributed by atoms with E-state index in [1.165, 1.54) is 10.7 Å². The maximum Gasteiger partial charge on any atom is 0.271 e. The van der Waals surface area contributed by atoms with Crippen molar-refractivity contribution in [3.05, 3.63) is 80.8 Å². The summed E-state index contributed by atoms with van der Waals surface area (Å²) in [6.07, 6.45) is 2.55. The zero-order valence-electron chi connectivity index (χ0n) is 19.9. The van der Waals surface area contributed by atoms with E-state index < -0.39 is 5.91 Å². The molecule has 0 saturated carbocycles. The highest BCUT2D eigenvalue weighted by atomic mass is 35.5. The molecule has 0 bridgehead atoms. The Morgan fingerprint density at radius 2 is 1.84 bits per heavy atom. The largest absolute Gasteiger partial charge is 0.477 e. The number of halogens is 2. The first kappa shape index (κ1) is 25.1. The number of fused-ring (bicyclic) bond motifs is 1. The minimum Gasteiger partial charge on any atom is -0.477 e. The average Bonchev–Trinajstić information content (AvgIpc) is 3.33. The molecule has 0 unspecified atom stereocenters. The molecule has 37 heavy (non-hydrogen) atoms. The Balaban J connectivity index is 1.12. The Labute approximate surface area is 222 Å². The summed E-state index contributed by atoms with van der Waals surface area (Å²) in [5.41, 5.74) is 7.84. The standard InChI is InChI=1S/C26H25Cl2N5O4/c27-20-4-3-18(15-21(20)28)33-25(34)7-6-24(30-33)36-13-1-8-31-9-11-32(12-10-31)22-16-37-23-5-2-17(26(29)35)14-19(22)23/h2-7,14-16H,1,8-13H2,(H2,29,35). The molecule has 11 heteroatoms. The first-order valence-electron chi connectivity index (χ1n) is 11.9. The lowest BCUT2D eigenvalue weighted by molar-refractivity contribution is 0.100. The first-order chi connectivity index (χ1) is 17.9. The van der Waals surface area contributed by atoms with Gasteiger partial charge in [-0.05, 0) is 42.8 Å². The lowest BCUT2D eigenvalue weighted by atomic mass is 10.1. The zero-order chi connectivity index (χ0) is 25.9. The molecule has 1 amide bonds. The van der Waals surface area contributed by atoms with Gasteiger partial charge < -0.3 is 19.8 Å². The Hall–Kier alpha value is -3.53. The van der Waals surface area contributed by atoms with Crippen molar-refractivity contribution in [3.8, 4) is 11.6 Å². The van der Waals surface area contributed by atoms with E-state index in [1.807, 2.05) is 0 Å². The number of amides is 1. The van der Waals surface area contributed by atoms with Crippen molar-refractivity contribution in [2.75, 3.05) is 44.2 Å². The normalized spacial score (nSPS) is 14.3. The van der Waals surface area contributed by atoms with Crippen LogP contribution in [0.25, 0.3) is 16.7 Å². The van der Waals surface area contributed by atoms with E-state index in [2.05, 4.69) is 14.9 Å². The number of hydrogen-bond donors (Lipinski definition) is 1. The van der Waals surface area contributed by atoms with E-state index in [-0.39, 0.29) is 5.56 Å². The first-order valence-corrected chi connectivity index (χ1v) is 12.6. The van der Waals surface area contributed by atoms with Crippen molar-refractivity contribution in [2.45, 2.75) is 6.42 Å². The Morgan fingerprint density at radius 3 is 2.59 bits per heavy atom. The van der Waals surface area contributed by atoms with Crippen molar-refractivity contribution in [1.82, 2.24) is 14.7 Å². The number of rotatable bonds is 8. The quantitative estimate of drug-likeness (QED) is 0.336. The van der Waals surface area contributed by atoms with E-state index >= 15 is 0 Å². The van der Waals surface area contributed by atoms with Gasteiger partial charge in [0.2, 0.25) is 11.8 Å². The number of hydrogen-bond acceptors (Lipinski definition) is 7. The number of ether oxygens (including phenoxy) is 1. The van der Waals surface area contributed by atoms with Crippen LogP contribution >= 0.6 is 23.2 Å². The van der Waals surface area contributed by atoms with E-state index in [4.69, 9.17) is 38.1 Å². The second kappa shape index (κ2) is 10.8. The van der Waals surface area contributed by atoms with Crippen LogP contribution in [-0.4, -0.2) is 59.9 Å². The summed E-state index contributed by atoms with van der Waals surface area (Å²) in [4.78, 5) is 28.5. The van der Waals surface area contributed by atoms with E-state index in [0.717, 1.165) is 55.8 Å². The van der Waals surface area contributed by atoms with Gasteiger partial charge >= 0.3 is 0 Å². The fourth-order valence-corrected chi connectivity index (χ4v) is 4.66. The maximum atomic E-state index is 12.3. The van der Waals surface area contributed by atoms with Gasteiger partial charge in [-0.2, -0.15) is 4.68 Å².